The van der Waals surface area contributed by atoms with Crippen LogP contribution in [0.4, 0.5) is 0 Å². The van der Waals surface area contributed by atoms with Gasteiger partial charge in [0, 0.05) is 12.6 Å². The molecule has 0 saturated heterocycles. The Morgan fingerprint density at radius 2 is 2.22 bits per heavy atom. The number of aliphatic hydroxyl groups excluding tert-OH is 1. The van der Waals surface area contributed by atoms with Crippen molar-refractivity contribution in [2.45, 2.75) is 70.7 Å². The van der Waals surface area contributed by atoms with Crippen LogP contribution in [0.3, 0.4) is 0 Å². The standard InChI is InChI=1S/C13H24N4O/c1-2-8-17-13(15-10-16-17)9-14-11-6-4-3-5-7-12(11)18/h10-12,14,18H,2-9H2,1H3. The average molecular weight is 252 g/mol. The highest BCUT2D eigenvalue weighted by molar-refractivity contribution is 4.87. The fraction of sp³-hybridized carbons (Fsp3) is 0.846. The molecule has 0 aromatic carbocycles. The van der Waals surface area contributed by atoms with Crippen LogP contribution < -0.4 is 5.32 Å². The first kappa shape index (κ1) is 13.5. The number of aromatic nitrogens is 3. The summed E-state index contributed by atoms with van der Waals surface area (Å²) in [5, 5.41) is 17.7. The third kappa shape index (κ3) is 3.53. The predicted molar refractivity (Wildman–Crippen MR) is 70.0 cm³/mol. The van der Waals surface area contributed by atoms with Gasteiger partial charge in [0.2, 0.25) is 0 Å². The lowest BCUT2D eigenvalue weighted by Crippen LogP contribution is -2.39. The normalized spacial score (nSPS) is 25.0. The first-order valence-electron chi connectivity index (χ1n) is 7.09. The minimum absolute atomic E-state index is 0.208. The molecule has 1 fully saturated rings. The number of nitrogens with zero attached hydrogens (tertiary/aromatic N) is 3. The first-order valence-corrected chi connectivity index (χ1v) is 7.09. The van der Waals surface area contributed by atoms with Crippen molar-refractivity contribution in [3.63, 3.8) is 0 Å². The third-order valence-corrected chi connectivity index (χ3v) is 3.63. The molecule has 5 nitrogen and oxygen atoms in total. The van der Waals surface area contributed by atoms with Crippen LogP contribution in [0.5, 0.6) is 0 Å². The molecule has 2 rings (SSSR count). The molecule has 0 radical (unpaired) electrons. The molecule has 0 bridgehead atoms. The lowest BCUT2D eigenvalue weighted by Gasteiger charge is -2.21. The molecule has 1 heterocycles. The van der Waals surface area contributed by atoms with E-state index >= 15 is 0 Å². The summed E-state index contributed by atoms with van der Waals surface area (Å²) >= 11 is 0. The highest BCUT2D eigenvalue weighted by Crippen LogP contribution is 2.18. The first-order chi connectivity index (χ1) is 8.81. The van der Waals surface area contributed by atoms with Gasteiger partial charge in [-0.1, -0.05) is 26.2 Å². The van der Waals surface area contributed by atoms with Gasteiger partial charge in [-0.3, -0.25) is 0 Å². The second-order valence-electron chi connectivity index (χ2n) is 5.09. The zero-order valence-electron chi connectivity index (χ0n) is 11.2. The van der Waals surface area contributed by atoms with Gasteiger partial charge in [0.05, 0.1) is 12.6 Å². The Balaban J connectivity index is 1.87. The predicted octanol–water partition coefficient (Wildman–Crippen LogP) is 1.47. The van der Waals surface area contributed by atoms with E-state index < -0.39 is 0 Å². The molecule has 1 aliphatic carbocycles. The van der Waals surface area contributed by atoms with Gasteiger partial charge in [0.25, 0.3) is 0 Å². The van der Waals surface area contributed by atoms with Crippen molar-refractivity contribution >= 4 is 0 Å². The molecule has 5 heteroatoms. The lowest BCUT2D eigenvalue weighted by molar-refractivity contribution is 0.118. The summed E-state index contributed by atoms with van der Waals surface area (Å²) in [6, 6.07) is 0.208. The number of aryl methyl sites for hydroxylation is 1. The molecule has 1 aromatic heterocycles. The molecule has 102 valence electrons. The van der Waals surface area contributed by atoms with Gasteiger partial charge in [-0.25, -0.2) is 9.67 Å². The van der Waals surface area contributed by atoms with Crippen LogP contribution in [0.25, 0.3) is 0 Å². The lowest BCUT2D eigenvalue weighted by atomic mass is 10.1. The Hall–Kier alpha value is -0.940. The summed E-state index contributed by atoms with van der Waals surface area (Å²) in [6.45, 7) is 3.74. The van der Waals surface area contributed by atoms with Crippen molar-refractivity contribution in [3.05, 3.63) is 12.2 Å². The molecule has 1 aliphatic rings. The zero-order chi connectivity index (χ0) is 12.8. The second-order valence-corrected chi connectivity index (χ2v) is 5.09. The highest BCUT2D eigenvalue weighted by atomic mass is 16.3. The zero-order valence-corrected chi connectivity index (χ0v) is 11.2. The summed E-state index contributed by atoms with van der Waals surface area (Å²) in [4.78, 5) is 4.28. The summed E-state index contributed by atoms with van der Waals surface area (Å²) < 4.78 is 1.94. The molecule has 1 aromatic rings. The van der Waals surface area contributed by atoms with Crippen molar-refractivity contribution in [1.82, 2.24) is 20.1 Å². The van der Waals surface area contributed by atoms with Gasteiger partial charge >= 0.3 is 0 Å². The van der Waals surface area contributed by atoms with Crippen LogP contribution >= 0.6 is 0 Å². The molecule has 2 unspecified atom stereocenters. The van der Waals surface area contributed by atoms with Gasteiger partial charge in [0.1, 0.15) is 12.2 Å². The molecule has 2 N–H and O–H groups in total. The molecule has 0 amide bonds. The molecule has 1 saturated carbocycles. The summed E-state index contributed by atoms with van der Waals surface area (Å²) in [7, 11) is 0. The Morgan fingerprint density at radius 3 is 3.06 bits per heavy atom. The van der Waals surface area contributed by atoms with Crippen molar-refractivity contribution in [2.24, 2.45) is 0 Å². The van der Waals surface area contributed by atoms with Crippen molar-refractivity contribution < 1.29 is 5.11 Å². The SMILES string of the molecule is CCCn1ncnc1CNC1CCCCCC1O. The van der Waals surface area contributed by atoms with Crippen LogP contribution in [-0.4, -0.2) is 32.0 Å². The quantitative estimate of drug-likeness (QED) is 0.779. The molecular weight excluding hydrogens is 228 g/mol. The fourth-order valence-corrected chi connectivity index (χ4v) is 2.57. The van der Waals surface area contributed by atoms with E-state index in [9.17, 15) is 5.11 Å². The number of hydrogen-bond donors (Lipinski definition) is 2. The second kappa shape index (κ2) is 6.85. The molecular formula is C13H24N4O. The maximum Gasteiger partial charge on any atom is 0.140 e. The van der Waals surface area contributed by atoms with E-state index in [2.05, 4.69) is 22.3 Å². The Morgan fingerprint density at radius 1 is 1.39 bits per heavy atom. The van der Waals surface area contributed by atoms with Gasteiger partial charge in [-0.05, 0) is 19.3 Å². The highest BCUT2D eigenvalue weighted by Gasteiger charge is 2.21. The largest absolute Gasteiger partial charge is 0.392 e. The Kier molecular flexibility index (Phi) is 5.13. The number of rotatable bonds is 5. The van der Waals surface area contributed by atoms with Crippen LogP contribution in [-0.2, 0) is 13.1 Å². The van der Waals surface area contributed by atoms with E-state index in [4.69, 9.17) is 0 Å². The van der Waals surface area contributed by atoms with E-state index in [1.165, 1.54) is 12.8 Å². The van der Waals surface area contributed by atoms with Gasteiger partial charge < -0.3 is 10.4 Å². The van der Waals surface area contributed by atoms with E-state index in [-0.39, 0.29) is 12.1 Å². The van der Waals surface area contributed by atoms with Gasteiger partial charge in [0.15, 0.2) is 0 Å². The molecule has 2 atom stereocenters. The smallest absolute Gasteiger partial charge is 0.140 e. The minimum atomic E-state index is -0.213. The van der Waals surface area contributed by atoms with E-state index in [0.717, 1.165) is 38.1 Å². The van der Waals surface area contributed by atoms with Gasteiger partial charge in [-0.15, -0.1) is 0 Å². The van der Waals surface area contributed by atoms with Crippen molar-refractivity contribution in [1.29, 1.82) is 0 Å². The van der Waals surface area contributed by atoms with Crippen molar-refractivity contribution in [3.8, 4) is 0 Å². The summed E-state index contributed by atoms with van der Waals surface area (Å²) in [5.41, 5.74) is 0. The average Bonchev–Trinajstić information content (AvgIpc) is 2.70. The van der Waals surface area contributed by atoms with Crippen LogP contribution in [0.2, 0.25) is 0 Å². The van der Waals surface area contributed by atoms with E-state index in [1.807, 2.05) is 4.68 Å². The monoisotopic (exact) mass is 252 g/mol. The van der Waals surface area contributed by atoms with Crippen LogP contribution in [0.15, 0.2) is 6.33 Å². The molecule has 0 aliphatic heterocycles. The number of nitrogens with one attached hydrogen (secondary N) is 1. The third-order valence-electron chi connectivity index (χ3n) is 3.63. The molecule has 18 heavy (non-hydrogen) atoms. The summed E-state index contributed by atoms with van der Waals surface area (Å²) in [6.07, 6.45) is 8.01. The Bertz CT molecular complexity index is 353. The summed E-state index contributed by atoms with van der Waals surface area (Å²) in [5.74, 6) is 0.966. The van der Waals surface area contributed by atoms with E-state index in [1.54, 1.807) is 6.33 Å². The maximum atomic E-state index is 10.0. The van der Waals surface area contributed by atoms with Crippen LogP contribution in [0, 0.1) is 0 Å². The number of aliphatic hydroxyl groups is 1. The van der Waals surface area contributed by atoms with Crippen molar-refractivity contribution in [2.75, 3.05) is 0 Å². The maximum absolute atomic E-state index is 10.0. The number of hydrogen-bond acceptors (Lipinski definition) is 4. The fourth-order valence-electron chi connectivity index (χ4n) is 2.57. The van der Waals surface area contributed by atoms with Crippen LogP contribution in [0.1, 0.15) is 51.3 Å². The topological polar surface area (TPSA) is 63.0 Å². The van der Waals surface area contributed by atoms with E-state index in [0.29, 0.717) is 6.54 Å². The Labute approximate surface area is 109 Å². The minimum Gasteiger partial charge on any atom is -0.392 e. The molecule has 0 spiro atoms. The van der Waals surface area contributed by atoms with Gasteiger partial charge in [-0.2, -0.15) is 5.10 Å².